The number of carbonyl (C=O) groups is 1. The van der Waals surface area contributed by atoms with Crippen LogP contribution in [-0.2, 0) is 4.79 Å². The van der Waals surface area contributed by atoms with Gasteiger partial charge in [-0.15, -0.1) is 0 Å². The Morgan fingerprint density at radius 1 is 1.36 bits per heavy atom. The summed E-state index contributed by atoms with van der Waals surface area (Å²) in [6, 6.07) is 0. The van der Waals surface area contributed by atoms with Crippen LogP contribution >= 0.6 is 11.6 Å². The van der Waals surface area contributed by atoms with Crippen molar-refractivity contribution in [3.8, 4) is 0 Å². The van der Waals surface area contributed by atoms with Crippen molar-refractivity contribution in [3.05, 3.63) is 0 Å². The van der Waals surface area contributed by atoms with Crippen molar-refractivity contribution in [3.63, 3.8) is 0 Å². The predicted octanol–water partition coefficient (Wildman–Crippen LogP) is 2.82. The normalized spacial score (nSPS) is 13.3. The molecule has 0 fully saturated rings. The minimum atomic E-state index is -3.70. The Kier molecular flexibility index (Phi) is 3.00. The van der Waals surface area contributed by atoms with E-state index in [1.165, 1.54) is 0 Å². The van der Waals surface area contributed by atoms with E-state index < -0.39 is 16.6 Å². The second-order valence-corrected chi connectivity index (χ2v) is 4.13. The van der Waals surface area contributed by atoms with Crippen LogP contribution in [0.4, 0.5) is 8.78 Å². The molecular formula is C7H11ClF2O. The molecule has 0 unspecified atom stereocenters. The predicted molar refractivity (Wildman–Crippen MR) is 39.9 cm³/mol. The van der Waals surface area contributed by atoms with Crippen molar-refractivity contribution in [1.82, 2.24) is 0 Å². The van der Waals surface area contributed by atoms with E-state index in [0.717, 1.165) is 0 Å². The maximum Gasteiger partial charge on any atom is 0.380 e. The maximum atomic E-state index is 12.1. The number of ketones is 1. The number of halogens is 3. The highest BCUT2D eigenvalue weighted by molar-refractivity contribution is 6.32. The molecule has 0 bridgehead atoms. The molecule has 0 aromatic heterocycles. The lowest BCUT2D eigenvalue weighted by molar-refractivity contribution is -0.135. The fourth-order valence-corrected chi connectivity index (χ4v) is 0.649. The molecule has 11 heavy (non-hydrogen) atoms. The molecule has 4 heteroatoms. The van der Waals surface area contributed by atoms with Crippen LogP contribution in [0, 0.1) is 5.41 Å². The van der Waals surface area contributed by atoms with Gasteiger partial charge in [-0.1, -0.05) is 20.8 Å². The Morgan fingerprint density at radius 2 is 1.73 bits per heavy atom. The molecule has 66 valence electrons. The van der Waals surface area contributed by atoms with E-state index in [0.29, 0.717) is 0 Å². The van der Waals surface area contributed by atoms with Gasteiger partial charge in [0.1, 0.15) is 0 Å². The first-order valence-electron chi connectivity index (χ1n) is 3.23. The summed E-state index contributed by atoms with van der Waals surface area (Å²) in [5.41, 5.74) is -0.435. The van der Waals surface area contributed by atoms with Gasteiger partial charge in [-0.2, -0.15) is 8.78 Å². The van der Waals surface area contributed by atoms with Crippen LogP contribution in [0.5, 0.6) is 0 Å². The van der Waals surface area contributed by atoms with Crippen molar-refractivity contribution in [1.29, 1.82) is 0 Å². The van der Waals surface area contributed by atoms with E-state index in [2.05, 4.69) is 11.6 Å². The zero-order chi connectivity index (χ0) is 9.28. The smallest absolute Gasteiger partial charge is 0.291 e. The van der Waals surface area contributed by atoms with Crippen molar-refractivity contribution in [2.24, 2.45) is 5.41 Å². The number of alkyl halides is 3. The number of Topliss-reactive ketones (excluding diaryl/α,β-unsaturated/α-hetero) is 1. The van der Waals surface area contributed by atoms with Gasteiger partial charge in [-0.3, -0.25) is 4.79 Å². The summed E-state index contributed by atoms with van der Waals surface area (Å²) in [7, 11) is 0. The Bertz CT molecular complexity index is 155. The Balaban J connectivity index is 4.11. The van der Waals surface area contributed by atoms with Crippen LogP contribution < -0.4 is 0 Å². The monoisotopic (exact) mass is 184 g/mol. The molecule has 0 spiro atoms. The second kappa shape index (κ2) is 3.05. The minimum absolute atomic E-state index is 0.205. The van der Waals surface area contributed by atoms with Gasteiger partial charge in [-0.05, 0) is 17.0 Å². The Hall–Kier alpha value is -0.180. The standard InChI is InChI=1S/C7H11ClF2O/c1-6(2,3)4-5(11)7(8,9)10/h4H2,1-3H3. The SMILES string of the molecule is CC(C)(C)CC(=O)C(F)(F)Cl. The quantitative estimate of drug-likeness (QED) is 0.604. The van der Waals surface area contributed by atoms with Gasteiger partial charge in [0.05, 0.1) is 0 Å². The van der Waals surface area contributed by atoms with E-state index in [4.69, 9.17) is 0 Å². The number of hydrogen-bond acceptors (Lipinski definition) is 1. The summed E-state index contributed by atoms with van der Waals surface area (Å²) < 4.78 is 24.1. The molecule has 1 nitrogen and oxygen atoms in total. The number of hydrogen-bond donors (Lipinski definition) is 0. The Morgan fingerprint density at radius 3 is 1.82 bits per heavy atom. The summed E-state index contributed by atoms with van der Waals surface area (Å²) in [6.07, 6.45) is -0.205. The van der Waals surface area contributed by atoms with Gasteiger partial charge in [0.2, 0.25) is 5.78 Å². The van der Waals surface area contributed by atoms with Crippen molar-refractivity contribution >= 4 is 17.4 Å². The highest BCUT2D eigenvalue weighted by atomic mass is 35.5. The molecule has 0 aromatic rings. The third-order valence-electron chi connectivity index (χ3n) is 1.01. The van der Waals surface area contributed by atoms with Gasteiger partial charge in [0.15, 0.2) is 0 Å². The minimum Gasteiger partial charge on any atom is -0.291 e. The van der Waals surface area contributed by atoms with E-state index in [9.17, 15) is 13.6 Å². The fraction of sp³-hybridized carbons (Fsp3) is 0.857. The Labute approximate surface area is 69.7 Å². The van der Waals surface area contributed by atoms with Crippen LogP contribution in [0.15, 0.2) is 0 Å². The van der Waals surface area contributed by atoms with E-state index in [-0.39, 0.29) is 6.42 Å². The molecule has 0 heterocycles. The second-order valence-electron chi connectivity index (χ2n) is 3.66. The zero-order valence-corrected chi connectivity index (χ0v) is 7.51. The fourth-order valence-electron chi connectivity index (χ4n) is 0.582. The van der Waals surface area contributed by atoms with Gasteiger partial charge in [0.25, 0.3) is 0 Å². The van der Waals surface area contributed by atoms with Gasteiger partial charge in [0, 0.05) is 6.42 Å². The van der Waals surface area contributed by atoms with E-state index in [1.54, 1.807) is 20.8 Å². The van der Waals surface area contributed by atoms with Gasteiger partial charge < -0.3 is 0 Å². The molecule has 0 aliphatic carbocycles. The molecule has 0 saturated heterocycles. The van der Waals surface area contributed by atoms with Gasteiger partial charge >= 0.3 is 5.38 Å². The first-order chi connectivity index (χ1) is 4.63. The molecule has 0 aromatic carbocycles. The summed E-state index contributed by atoms with van der Waals surface area (Å²) in [6.45, 7) is 5.11. The highest BCUT2D eigenvalue weighted by Crippen LogP contribution is 2.28. The van der Waals surface area contributed by atoms with Crippen molar-refractivity contribution in [2.45, 2.75) is 32.6 Å². The lowest BCUT2D eigenvalue weighted by atomic mass is 9.90. The van der Waals surface area contributed by atoms with Gasteiger partial charge in [-0.25, -0.2) is 0 Å². The highest BCUT2D eigenvalue weighted by Gasteiger charge is 2.37. The summed E-state index contributed by atoms with van der Waals surface area (Å²) in [4.78, 5) is 10.6. The average Bonchev–Trinajstić information content (AvgIpc) is 1.56. The van der Waals surface area contributed by atoms with Crippen LogP contribution in [0.25, 0.3) is 0 Å². The lowest BCUT2D eigenvalue weighted by Gasteiger charge is -2.18. The average molecular weight is 185 g/mol. The summed E-state index contributed by atoms with van der Waals surface area (Å²) >= 11 is 4.51. The molecule has 0 rings (SSSR count). The molecular weight excluding hydrogens is 174 g/mol. The molecule has 0 radical (unpaired) electrons. The van der Waals surface area contributed by atoms with Crippen LogP contribution in [0.1, 0.15) is 27.2 Å². The third kappa shape index (κ3) is 5.13. The first-order valence-corrected chi connectivity index (χ1v) is 3.61. The van der Waals surface area contributed by atoms with Crippen LogP contribution in [0.3, 0.4) is 0 Å². The largest absolute Gasteiger partial charge is 0.380 e. The molecule has 0 amide bonds. The summed E-state index contributed by atoms with van der Waals surface area (Å²) in [5, 5.41) is -3.70. The van der Waals surface area contributed by atoms with E-state index in [1.807, 2.05) is 0 Å². The van der Waals surface area contributed by atoms with E-state index >= 15 is 0 Å². The molecule has 0 saturated carbocycles. The molecule has 0 aliphatic heterocycles. The summed E-state index contributed by atoms with van der Waals surface area (Å²) in [5.74, 6) is -1.22. The molecule has 0 N–H and O–H groups in total. The topological polar surface area (TPSA) is 17.1 Å². The van der Waals surface area contributed by atoms with Crippen LogP contribution in [0.2, 0.25) is 0 Å². The van der Waals surface area contributed by atoms with Crippen molar-refractivity contribution < 1.29 is 13.6 Å². The van der Waals surface area contributed by atoms with Crippen molar-refractivity contribution in [2.75, 3.05) is 0 Å². The third-order valence-corrected chi connectivity index (χ3v) is 1.22. The maximum absolute atomic E-state index is 12.1. The first kappa shape index (κ1) is 10.8. The number of carbonyl (C=O) groups excluding carboxylic acids is 1. The molecule has 0 aliphatic rings. The van der Waals surface area contributed by atoms with Crippen LogP contribution in [-0.4, -0.2) is 11.2 Å². The lowest BCUT2D eigenvalue weighted by Crippen LogP contribution is -2.26. The number of rotatable bonds is 2. The molecule has 0 atom stereocenters. The zero-order valence-electron chi connectivity index (χ0n) is 6.75.